The summed E-state index contributed by atoms with van der Waals surface area (Å²) in [6, 6.07) is 9.19. The molecule has 1 aromatic heterocycles. The fourth-order valence-corrected chi connectivity index (χ4v) is 3.58. The van der Waals surface area contributed by atoms with Crippen molar-refractivity contribution in [2.45, 2.75) is 32.5 Å². The van der Waals surface area contributed by atoms with E-state index >= 15 is 0 Å². The lowest BCUT2D eigenvalue weighted by Crippen LogP contribution is -2.48. The maximum absolute atomic E-state index is 6.48. The summed E-state index contributed by atoms with van der Waals surface area (Å²) in [6.45, 7) is 5.55. The molecular formula is C19H21Cl2NO2. The van der Waals surface area contributed by atoms with Crippen LogP contribution in [0.5, 0.6) is 0 Å². The van der Waals surface area contributed by atoms with E-state index in [1.165, 1.54) is 0 Å². The molecule has 3 rings (SSSR count). The molecule has 2 heterocycles. The molecule has 1 fully saturated rings. The van der Waals surface area contributed by atoms with Gasteiger partial charge in [0.2, 0.25) is 5.79 Å². The minimum absolute atomic E-state index is 0.0324. The van der Waals surface area contributed by atoms with Crippen LogP contribution in [0.15, 0.2) is 42.7 Å². The Labute approximate surface area is 152 Å². The van der Waals surface area contributed by atoms with Crippen LogP contribution in [0.1, 0.15) is 37.8 Å². The minimum Gasteiger partial charge on any atom is -0.341 e. The molecule has 1 aliphatic heterocycles. The van der Waals surface area contributed by atoms with Gasteiger partial charge in [0.25, 0.3) is 0 Å². The lowest BCUT2D eigenvalue weighted by atomic mass is 9.82. The molecule has 0 radical (unpaired) electrons. The zero-order chi connectivity index (χ0) is 17.2. The van der Waals surface area contributed by atoms with Gasteiger partial charge in [-0.15, -0.1) is 0 Å². The van der Waals surface area contributed by atoms with Crippen molar-refractivity contribution in [1.29, 1.82) is 0 Å². The number of ether oxygens (including phenoxy) is 2. The number of rotatable bonds is 4. The van der Waals surface area contributed by atoms with Gasteiger partial charge in [0, 0.05) is 34.0 Å². The van der Waals surface area contributed by atoms with Crippen LogP contribution in [0.25, 0.3) is 0 Å². The first kappa shape index (κ1) is 17.7. The molecule has 0 spiro atoms. The van der Waals surface area contributed by atoms with Crippen LogP contribution >= 0.6 is 23.2 Å². The Balaban J connectivity index is 2.07. The number of hydrogen-bond acceptors (Lipinski definition) is 3. The predicted molar refractivity (Wildman–Crippen MR) is 96.4 cm³/mol. The number of hydrogen-bond donors (Lipinski definition) is 0. The first-order valence-electron chi connectivity index (χ1n) is 8.19. The van der Waals surface area contributed by atoms with Gasteiger partial charge in [-0.1, -0.05) is 49.2 Å². The third-order valence-electron chi connectivity index (χ3n) is 4.99. The van der Waals surface area contributed by atoms with Gasteiger partial charge in [-0.25, -0.2) is 0 Å². The highest BCUT2D eigenvalue weighted by Gasteiger charge is 2.47. The third kappa shape index (κ3) is 3.06. The Bertz CT molecular complexity index is 692. The van der Waals surface area contributed by atoms with Crippen molar-refractivity contribution in [3.8, 4) is 0 Å². The van der Waals surface area contributed by atoms with Crippen molar-refractivity contribution in [3.63, 3.8) is 0 Å². The van der Waals surface area contributed by atoms with Crippen molar-refractivity contribution in [2.24, 2.45) is 5.41 Å². The molecule has 3 nitrogen and oxygen atoms in total. The van der Waals surface area contributed by atoms with Crippen molar-refractivity contribution >= 4 is 23.2 Å². The van der Waals surface area contributed by atoms with E-state index in [1.54, 1.807) is 24.5 Å². The van der Waals surface area contributed by atoms with E-state index in [0.29, 0.717) is 23.3 Å². The van der Waals surface area contributed by atoms with E-state index < -0.39 is 5.79 Å². The Kier molecular flexibility index (Phi) is 5.16. The molecule has 0 N–H and O–H groups in total. The second kappa shape index (κ2) is 7.01. The summed E-state index contributed by atoms with van der Waals surface area (Å²) < 4.78 is 12.7. The molecule has 1 aromatic carbocycles. The summed E-state index contributed by atoms with van der Waals surface area (Å²) in [4.78, 5) is 4.23. The van der Waals surface area contributed by atoms with Gasteiger partial charge in [-0.05, 0) is 31.0 Å². The second-order valence-electron chi connectivity index (χ2n) is 6.27. The highest BCUT2D eigenvalue weighted by atomic mass is 35.5. The standard InChI is InChI=1S/C19H21Cl2NO2/c1-3-18(4-2)12-23-19(24-13-18,14-6-5-9-22-11-14)16-8-7-15(20)10-17(16)21/h5-11H,3-4,12-13H2,1-2H3. The first-order chi connectivity index (χ1) is 11.6. The number of pyridine rings is 1. The van der Waals surface area contributed by atoms with Crippen LogP contribution in [-0.2, 0) is 15.3 Å². The molecule has 128 valence electrons. The highest BCUT2D eigenvalue weighted by molar-refractivity contribution is 6.35. The fraction of sp³-hybridized carbons (Fsp3) is 0.421. The molecule has 5 heteroatoms. The van der Waals surface area contributed by atoms with Gasteiger partial charge < -0.3 is 9.47 Å². The summed E-state index contributed by atoms with van der Waals surface area (Å²) in [7, 11) is 0. The summed E-state index contributed by atoms with van der Waals surface area (Å²) in [6.07, 6.45) is 5.49. The van der Waals surface area contributed by atoms with E-state index in [2.05, 4.69) is 18.8 Å². The zero-order valence-electron chi connectivity index (χ0n) is 13.9. The SMILES string of the molecule is CCC1(CC)COC(c2cccnc2)(c2ccc(Cl)cc2Cl)OC1. The summed E-state index contributed by atoms with van der Waals surface area (Å²) >= 11 is 12.5. The number of benzene rings is 1. The molecule has 0 saturated carbocycles. The van der Waals surface area contributed by atoms with Gasteiger partial charge in [0.05, 0.1) is 18.2 Å². The Morgan fingerprint density at radius 3 is 2.33 bits per heavy atom. The minimum atomic E-state index is -1.05. The average Bonchev–Trinajstić information content (AvgIpc) is 2.63. The van der Waals surface area contributed by atoms with Crippen molar-refractivity contribution in [3.05, 3.63) is 63.9 Å². The van der Waals surface area contributed by atoms with E-state index in [1.807, 2.05) is 18.2 Å². The van der Waals surface area contributed by atoms with E-state index in [-0.39, 0.29) is 5.41 Å². The summed E-state index contributed by atoms with van der Waals surface area (Å²) in [5.74, 6) is -1.05. The quantitative estimate of drug-likeness (QED) is 0.722. The van der Waals surface area contributed by atoms with Crippen LogP contribution < -0.4 is 0 Å². The largest absolute Gasteiger partial charge is 0.341 e. The first-order valence-corrected chi connectivity index (χ1v) is 8.95. The normalized spacial score (nSPS) is 19.2. The molecule has 0 aliphatic carbocycles. The van der Waals surface area contributed by atoms with Crippen molar-refractivity contribution in [2.75, 3.05) is 13.2 Å². The van der Waals surface area contributed by atoms with Gasteiger partial charge in [0.1, 0.15) is 0 Å². The van der Waals surface area contributed by atoms with Gasteiger partial charge in [-0.3, -0.25) is 4.98 Å². The topological polar surface area (TPSA) is 31.4 Å². The number of halogens is 2. The molecular weight excluding hydrogens is 345 g/mol. The van der Waals surface area contributed by atoms with Crippen LogP contribution in [0.2, 0.25) is 10.0 Å². The van der Waals surface area contributed by atoms with Crippen LogP contribution in [-0.4, -0.2) is 18.2 Å². The molecule has 0 unspecified atom stereocenters. The summed E-state index contributed by atoms with van der Waals surface area (Å²) in [5.41, 5.74) is 1.61. The number of nitrogens with zero attached hydrogens (tertiary/aromatic N) is 1. The monoisotopic (exact) mass is 365 g/mol. The molecule has 2 aromatic rings. The molecule has 1 aliphatic rings. The van der Waals surface area contributed by atoms with Gasteiger partial charge >= 0.3 is 0 Å². The van der Waals surface area contributed by atoms with Crippen LogP contribution in [0, 0.1) is 5.41 Å². The Morgan fingerprint density at radius 2 is 1.79 bits per heavy atom. The average molecular weight is 366 g/mol. The second-order valence-corrected chi connectivity index (χ2v) is 7.11. The maximum Gasteiger partial charge on any atom is 0.225 e. The third-order valence-corrected chi connectivity index (χ3v) is 5.54. The molecule has 1 saturated heterocycles. The molecule has 0 amide bonds. The van der Waals surface area contributed by atoms with Gasteiger partial charge in [0.15, 0.2) is 0 Å². The zero-order valence-corrected chi connectivity index (χ0v) is 15.4. The van der Waals surface area contributed by atoms with Crippen LogP contribution in [0.3, 0.4) is 0 Å². The van der Waals surface area contributed by atoms with Crippen LogP contribution in [0.4, 0.5) is 0 Å². The fourth-order valence-electron chi connectivity index (χ4n) is 3.04. The van der Waals surface area contributed by atoms with Gasteiger partial charge in [-0.2, -0.15) is 0 Å². The smallest absolute Gasteiger partial charge is 0.225 e. The maximum atomic E-state index is 6.48. The number of aromatic nitrogens is 1. The highest BCUT2D eigenvalue weighted by Crippen LogP contribution is 2.46. The lowest BCUT2D eigenvalue weighted by molar-refractivity contribution is -0.291. The van der Waals surface area contributed by atoms with Crippen molar-refractivity contribution < 1.29 is 9.47 Å². The predicted octanol–water partition coefficient (Wildman–Crippen LogP) is 5.44. The molecule has 0 bridgehead atoms. The summed E-state index contributed by atoms with van der Waals surface area (Å²) in [5, 5.41) is 1.10. The lowest BCUT2D eigenvalue weighted by Gasteiger charge is -2.46. The van der Waals surface area contributed by atoms with Crippen molar-refractivity contribution in [1.82, 2.24) is 4.98 Å². The Morgan fingerprint density at radius 1 is 1.08 bits per heavy atom. The van der Waals surface area contributed by atoms with E-state index in [4.69, 9.17) is 32.7 Å². The molecule has 24 heavy (non-hydrogen) atoms. The Hall–Kier alpha value is -1.13. The molecule has 0 atom stereocenters. The van der Waals surface area contributed by atoms with E-state index in [0.717, 1.165) is 24.0 Å². The van der Waals surface area contributed by atoms with E-state index in [9.17, 15) is 0 Å².